The molecule has 4 heterocycles. The monoisotopic (exact) mass is 587 g/mol. The van der Waals surface area contributed by atoms with Crippen LogP contribution in [0.25, 0.3) is 32.9 Å². The van der Waals surface area contributed by atoms with Crippen LogP contribution in [-0.4, -0.2) is 66.1 Å². The van der Waals surface area contributed by atoms with E-state index in [1.807, 2.05) is 24.7 Å². The van der Waals surface area contributed by atoms with E-state index in [1.54, 1.807) is 0 Å². The van der Waals surface area contributed by atoms with Crippen molar-refractivity contribution in [1.82, 2.24) is 14.5 Å². The van der Waals surface area contributed by atoms with E-state index >= 15 is 0 Å². The second-order valence-electron chi connectivity index (χ2n) is 11.8. The molecule has 0 N–H and O–H groups in total. The van der Waals surface area contributed by atoms with Gasteiger partial charge < -0.3 is 28.3 Å². The smallest absolute Gasteiger partial charge is 0.213 e. The zero-order valence-electron chi connectivity index (χ0n) is 25.4. The highest BCUT2D eigenvalue weighted by Crippen LogP contribution is 2.32. The van der Waals surface area contributed by atoms with E-state index < -0.39 is 0 Å². The summed E-state index contributed by atoms with van der Waals surface area (Å²) in [6, 6.07) is 12.7. The van der Waals surface area contributed by atoms with Gasteiger partial charge in [0.2, 0.25) is 5.88 Å². The number of benzene rings is 1. The van der Waals surface area contributed by atoms with Crippen molar-refractivity contribution in [2.24, 2.45) is 7.05 Å². The van der Waals surface area contributed by atoms with Gasteiger partial charge in [-0.05, 0) is 75.1 Å². The molecule has 1 aliphatic carbocycles. The molecule has 8 heteroatoms. The van der Waals surface area contributed by atoms with E-state index in [9.17, 15) is 0 Å². The zero-order valence-corrected chi connectivity index (χ0v) is 25.4. The van der Waals surface area contributed by atoms with Crippen LogP contribution in [-0.2, 0) is 26.0 Å². The summed E-state index contributed by atoms with van der Waals surface area (Å²) in [5, 5.41) is 2.39. The lowest BCUT2D eigenvalue weighted by molar-refractivity contribution is -0.162. The lowest BCUT2D eigenvalue weighted by Crippen LogP contribution is -2.39. The summed E-state index contributed by atoms with van der Waals surface area (Å²) >= 11 is 0. The molecule has 3 aromatic heterocycles. The first kappa shape index (κ1) is 30.0. The minimum atomic E-state index is 0.0304. The molecule has 1 aromatic carbocycles. The molecular weight excluding hydrogens is 542 g/mol. The summed E-state index contributed by atoms with van der Waals surface area (Å²) in [5.41, 5.74) is 4.59. The molecule has 8 nitrogen and oxygen atoms in total. The van der Waals surface area contributed by atoms with Crippen molar-refractivity contribution in [2.75, 3.05) is 33.0 Å². The van der Waals surface area contributed by atoms with Gasteiger partial charge in [0.1, 0.15) is 6.10 Å². The Morgan fingerprint density at radius 1 is 0.791 bits per heavy atom. The normalized spacial score (nSPS) is 20.4. The van der Waals surface area contributed by atoms with Gasteiger partial charge >= 0.3 is 0 Å². The number of aryl methyl sites for hydroxylation is 1. The van der Waals surface area contributed by atoms with E-state index in [4.69, 9.17) is 23.7 Å². The van der Waals surface area contributed by atoms with E-state index in [1.165, 1.54) is 34.6 Å². The van der Waals surface area contributed by atoms with Crippen LogP contribution < -0.4 is 4.74 Å². The second kappa shape index (κ2) is 15.1. The van der Waals surface area contributed by atoms with Crippen LogP contribution in [0.3, 0.4) is 0 Å². The second-order valence-corrected chi connectivity index (χ2v) is 11.8. The minimum absolute atomic E-state index is 0.0304. The molecule has 2 fully saturated rings. The van der Waals surface area contributed by atoms with Crippen molar-refractivity contribution >= 4 is 21.8 Å². The molecule has 0 amide bonds. The van der Waals surface area contributed by atoms with Crippen molar-refractivity contribution in [3.8, 4) is 17.0 Å². The van der Waals surface area contributed by atoms with Gasteiger partial charge in [-0.2, -0.15) is 0 Å². The van der Waals surface area contributed by atoms with Crippen LogP contribution in [0, 0.1) is 0 Å². The Morgan fingerprint density at radius 3 is 2.44 bits per heavy atom. The Bertz CT molecular complexity index is 1430. The predicted molar refractivity (Wildman–Crippen MR) is 168 cm³/mol. The molecule has 0 spiro atoms. The quantitative estimate of drug-likeness (QED) is 0.128. The van der Waals surface area contributed by atoms with Gasteiger partial charge in [0.15, 0.2) is 6.29 Å². The van der Waals surface area contributed by atoms with Crippen LogP contribution in [0.4, 0.5) is 0 Å². The number of fused-ring (bicyclic) bond motifs is 3. The van der Waals surface area contributed by atoms with Gasteiger partial charge in [0, 0.05) is 99.4 Å². The molecule has 1 saturated heterocycles. The predicted octanol–water partition coefficient (Wildman–Crippen LogP) is 7.23. The molecule has 0 radical (unpaired) electrons. The van der Waals surface area contributed by atoms with E-state index in [2.05, 4.69) is 51.9 Å². The standard InChI is InChI=1S/C35H45N3O5/c1-38-32-14-15-36-25-31(32)30-12-10-26(21-33(30)38)27-11-13-34(37-24-27)43-29-22-28(23-29)40-18-8-7-17-39-16-4-2-5-19-41-35-9-3-6-20-42-35/h10-15,21,24-25,28-29,35H,2-9,16-20,22-23H2,1H3. The van der Waals surface area contributed by atoms with Crippen molar-refractivity contribution in [3.05, 3.63) is 55.0 Å². The molecule has 4 aromatic rings. The van der Waals surface area contributed by atoms with Crippen LogP contribution in [0.1, 0.15) is 64.2 Å². The summed E-state index contributed by atoms with van der Waals surface area (Å²) in [4.78, 5) is 8.89. The molecule has 1 unspecified atom stereocenters. The maximum absolute atomic E-state index is 6.10. The number of rotatable bonds is 16. The highest BCUT2D eigenvalue weighted by atomic mass is 16.7. The van der Waals surface area contributed by atoms with Gasteiger partial charge in [0.05, 0.1) is 11.6 Å². The number of pyridine rings is 2. The Hall–Kier alpha value is -3.04. The molecule has 2 aliphatic rings. The summed E-state index contributed by atoms with van der Waals surface area (Å²) in [5.74, 6) is 0.673. The fourth-order valence-corrected chi connectivity index (χ4v) is 5.97. The average Bonchev–Trinajstić information content (AvgIpc) is 3.32. The van der Waals surface area contributed by atoms with Gasteiger partial charge in [-0.15, -0.1) is 0 Å². The molecule has 1 saturated carbocycles. The van der Waals surface area contributed by atoms with E-state index in [0.29, 0.717) is 5.88 Å². The Balaban J connectivity index is 0.810. The summed E-state index contributed by atoms with van der Waals surface area (Å²) in [6.07, 6.45) is 16.8. The molecule has 230 valence electrons. The van der Waals surface area contributed by atoms with Gasteiger partial charge in [-0.1, -0.05) is 12.1 Å². The molecule has 43 heavy (non-hydrogen) atoms. The van der Waals surface area contributed by atoms with Gasteiger partial charge in [0.25, 0.3) is 0 Å². The summed E-state index contributed by atoms with van der Waals surface area (Å²) in [6.45, 7) is 4.06. The lowest BCUT2D eigenvalue weighted by atomic mass is 9.92. The van der Waals surface area contributed by atoms with Crippen molar-refractivity contribution in [2.45, 2.75) is 82.7 Å². The third kappa shape index (κ3) is 7.92. The molecule has 1 aliphatic heterocycles. The fourth-order valence-electron chi connectivity index (χ4n) is 5.97. The summed E-state index contributed by atoms with van der Waals surface area (Å²) < 4.78 is 31.5. The number of hydrogen-bond donors (Lipinski definition) is 0. The highest BCUT2D eigenvalue weighted by molar-refractivity contribution is 6.08. The minimum Gasteiger partial charge on any atom is -0.474 e. The van der Waals surface area contributed by atoms with E-state index in [-0.39, 0.29) is 18.5 Å². The van der Waals surface area contributed by atoms with Crippen LogP contribution >= 0.6 is 0 Å². The largest absolute Gasteiger partial charge is 0.474 e. The van der Waals surface area contributed by atoms with Crippen molar-refractivity contribution in [3.63, 3.8) is 0 Å². The maximum Gasteiger partial charge on any atom is 0.213 e. The highest BCUT2D eigenvalue weighted by Gasteiger charge is 2.31. The Labute approximate surface area is 254 Å². The number of nitrogens with zero attached hydrogens (tertiary/aromatic N) is 3. The first-order chi connectivity index (χ1) is 21.2. The Morgan fingerprint density at radius 2 is 1.60 bits per heavy atom. The number of ether oxygens (including phenoxy) is 5. The first-order valence-electron chi connectivity index (χ1n) is 16.1. The number of hydrogen-bond acceptors (Lipinski definition) is 7. The van der Waals surface area contributed by atoms with Gasteiger partial charge in [-0.3, -0.25) is 4.98 Å². The van der Waals surface area contributed by atoms with Gasteiger partial charge in [-0.25, -0.2) is 4.98 Å². The SMILES string of the molecule is Cn1c2ccncc2c2ccc(-c3ccc(OC4CC(OCCCCOCCCCCOC5CCCCO5)C4)nc3)cc21. The van der Waals surface area contributed by atoms with Crippen molar-refractivity contribution in [1.29, 1.82) is 0 Å². The third-order valence-electron chi connectivity index (χ3n) is 8.63. The fraction of sp³-hybridized carbons (Fsp3) is 0.543. The van der Waals surface area contributed by atoms with Crippen LogP contribution in [0.15, 0.2) is 55.0 Å². The molecular formula is C35H45N3O5. The topological polar surface area (TPSA) is 76.9 Å². The first-order valence-corrected chi connectivity index (χ1v) is 16.1. The molecule has 6 rings (SSSR count). The summed E-state index contributed by atoms with van der Waals surface area (Å²) in [7, 11) is 2.10. The van der Waals surface area contributed by atoms with Crippen LogP contribution in [0.5, 0.6) is 5.88 Å². The van der Waals surface area contributed by atoms with Crippen LogP contribution in [0.2, 0.25) is 0 Å². The Kier molecular flexibility index (Phi) is 10.5. The van der Waals surface area contributed by atoms with E-state index in [0.717, 1.165) is 95.5 Å². The number of unbranched alkanes of at least 4 members (excludes halogenated alkanes) is 3. The average molecular weight is 588 g/mol. The zero-order chi connectivity index (χ0) is 29.3. The van der Waals surface area contributed by atoms with Crippen molar-refractivity contribution < 1.29 is 23.7 Å². The number of aromatic nitrogens is 3. The lowest BCUT2D eigenvalue weighted by Gasteiger charge is -2.34. The molecule has 1 atom stereocenters. The molecule has 0 bridgehead atoms. The maximum atomic E-state index is 6.10. The third-order valence-corrected chi connectivity index (χ3v) is 8.63.